The van der Waals surface area contributed by atoms with Gasteiger partial charge in [0.1, 0.15) is 9.79 Å². The maximum Gasteiger partial charge on any atom is 0.295 e. The Morgan fingerprint density at radius 3 is 1.94 bits per heavy atom. The molecule has 0 spiro atoms. The summed E-state index contributed by atoms with van der Waals surface area (Å²) in [5.74, 6) is 2.61. The van der Waals surface area contributed by atoms with Crippen LogP contribution < -0.4 is 5.32 Å². The number of aryl methyl sites for hydroxylation is 1. The summed E-state index contributed by atoms with van der Waals surface area (Å²) in [6.07, 6.45) is 7.57. The molecule has 0 fully saturated rings. The summed E-state index contributed by atoms with van der Waals surface area (Å²) < 4.78 is 62.7. The fraction of sp³-hybridized carbons (Fsp3) is 0.182. The molecule has 162 valence electrons. The van der Waals surface area contributed by atoms with Crippen molar-refractivity contribution in [1.82, 2.24) is 5.32 Å². The van der Waals surface area contributed by atoms with Gasteiger partial charge < -0.3 is 0 Å². The van der Waals surface area contributed by atoms with Gasteiger partial charge in [0, 0.05) is 16.8 Å². The Bertz CT molecular complexity index is 1290. The number of hydrogen-bond donors (Lipinski definition) is 3. The SMILES string of the molecule is C#CCN[C@@H]1CCc2ccccc21.O=S(=O)(O)c1cccc2c(S(=O)(=O)O)cccc12. The highest BCUT2D eigenvalue weighted by Gasteiger charge is 2.20. The first-order chi connectivity index (χ1) is 14.6. The molecule has 0 unspecified atom stereocenters. The molecule has 0 heterocycles. The molecule has 7 nitrogen and oxygen atoms in total. The molecule has 0 amide bonds. The monoisotopic (exact) mass is 459 g/mol. The van der Waals surface area contributed by atoms with Gasteiger partial charge in [-0.2, -0.15) is 16.8 Å². The topological polar surface area (TPSA) is 121 Å². The molecule has 0 radical (unpaired) electrons. The van der Waals surface area contributed by atoms with Crippen molar-refractivity contribution in [3.05, 3.63) is 71.8 Å². The molecule has 0 saturated heterocycles. The van der Waals surface area contributed by atoms with Gasteiger partial charge in [0.15, 0.2) is 0 Å². The van der Waals surface area contributed by atoms with E-state index < -0.39 is 30.0 Å². The van der Waals surface area contributed by atoms with E-state index in [0.717, 1.165) is 12.1 Å². The molecule has 3 aromatic rings. The minimum atomic E-state index is -4.47. The van der Waals surface area contributed by atoms with Gasteiger partial charge in [0.25, 0.3) is 20.2 Å². The number of benzene rings is 3. The Balaban J connectivity index is 0.000000185. The van der Waals surface area contributed by atoms with Gasteiger partial charge in [-0.25, -0.2) is 0 Å². The van der Waals surface area contributed by atoms with Crippen molar-refractivity contribution in [2.45, 2.75) is 28.7 Å². The van der Waals surface area contributed by atoms with Crippen molar-refractivity contribution in [2.24, 2.45) is 0 Å². The second-order valence-electron chi connectivity index (χ2n) is 6.93. The van der Waals surface area contributed by atoms with Crippen LogP contribution in [0.4, 0.5) is 0 Å². The maximum atomic E-state index is 11.2. The second-order valence-corrected chi connectivity index (χ2v) is 9.71. The van der Waals surface area contributed by atoms with Crippen LogP contribution in [0.15, 0.2) is 70.5 Å². The van der Waals surface area contributed by atoms with E-state index in [2.05, 4.69) is 35.5 Å². The van der Waals surface area contributed by atoms with E-state index in [0.29, 0.717) is 12.6 Å². The van der Waals surface area contributed by atoms with Crippen LogP contribution in [0.3, 0.4) is 0 Å². The molecule has 0 saturated carbocycles. The summed E-state index contributed by atoms with van der Waals surface area (Å²) in [6, 6.07) is 16.6. The van der Waals surface area contributed by atoms with Crippen LogP contribution in [0, 0.1) is 12.3 Å². The average molecular weight is 460 g/mol. The van der Waals surface area contributed by atoms with E-state index in [1.54, 1.807) is 0 Å². The van der Waals surface area contributed by atoms with Crippen LogP contribution in [0.1, 0.15) is 23.6 Å². The van der Waals surface area contributed by atoms with Gasteiger partial charge in [0.05, 0.1) is 6.54 Å². The third kappa shape index (κ3) is 5.31. The lowest BCUT2D eigenvalue weighted by molar-refractivity contribution is 0.481. The van der Waals surface area contributed by atoms with Gasteiger partial charge >= 0.3 is 0 Å². The van der Waals surface area contributed by atoms with E-state index in [1.807, 2.05) is 0 Å². The molecule has 9 heteroatoms. The van der Waals surface area contributed by atoms with Crippen molar-refractivity contribution < 1.29 is 25.9 Å². The standard InChI is InChI=1S/C12H13N.C10H8O6S2/c1-2-9-13-12-8-7-10-5-3-4-6-11(10)12;11-17(12,13)9-5-1-3-7-8(9)4-2-6-10(7)18(14,15)16/h1,3-6,12-13H,7-9H2;1-6H,(H,11,12,13)(H,14,15,16)/t12-;/m1./s1. The summed E-state index contributed by atoms with van der Waals surface area (Å²) in [5, 5.41) is 3.40. The lowest BCUT2D eigenvalue weighted by Crippen LogP contribution is -2.19. The summed E-state index contributed by atoms with van der Waals surface area (Å²) >= 11 is 0. The van der Waals surface area contributed by atoms with Crippen LogP contribution in [0.5, 0.6) is 0 Å². The Morgan fingerprint density at radius 2 is 1.42 bits per heavy atom. The molecule has 0 aromatic heterocycles. The molecule has 0 aliphatic heterocycles. The van der Waals surface area contributed by atoms with Crippen molar-refractivity contribution in [2.75, 3.05) is 6.54 Å². The normalized spacial score (nSPS) is 15.6. The zero-order chi connectivity index (χ0) is 22.6. The summed E-state index contributed by atoms with van der Waals surface area (Å²) in [6.45, 7) is 0.666. The van der Waals surface area contributed by atoms with Gasteiger partial charge in [-0.3, -0.25) is 14.4 Å². The number of nitrogens with one attached hydrogen (secondary N) is 1. The fourth-order valence-electron chi connectivity index (χ4n) is 3.65. The van der Waals surface area contributed by atoms with E-state index in [9.17, 15) is 16.8 Å². The van der Waals surface area contributed by atoms with Gasteiger partial charge in [-0.05, 0) is 36.1 Å². The number of hydrogen-bond acceptors (Lipinski definition) is 5. The first-order valence-electron chi connectivity index (χ1n) is 9.34. The molecule has 3 aromatic carbocycles. The summed E-state index contributed by atoms with van der Waals surface area (Å²) in [7, 11) is -8.94. The smallest absolute Gasteiger partial charge is 0.295 e. The zero-order valence-corrected chi connectivity index (χ0v) is 18.0. The Kier molecular flexibility index (Phi) is 6.79. The molecule has 1 aliphatic rings. The molecular formula is C22H21NO6S2. The second kappa shape index (κ2) is 9.18. The summed E-state index contributed by atoms with van der Waals surface area (Å²) in [4.78, 5) is -0.823. The molecular weight excluding hydrogens is 438 g/mol. The van der Waals surface area contributed by atoms with Crippen molar-refractivity contribution >= 4 is 31.0 Å². The van der Waals surface area contributed by atoms with Crippen molar-refractivity contribution in [3.63, 3.8) is 0 Å². The fourth-order valence-corrected chi connectivity index (χ4v) is 5.07. The first-order valence-corrected chi connectivity index (χ1v) is 12.2. The minimum absolute atomic E-state index is 0.0233. The third-order valence-electron chi connectivity index (χ3n) is 4.98. The molecule has 0 bridgehead atoms. The van der Waals surface area contributed by atoms with Crippen LogP contribution in [-0.4, -0.2) is 32.5 Å². The minimum Gasteiger partial charge on any atom is -0.299 e. The Labute approximate surface area is 181 Å². The quantitative estimate of drug-likeness (QED) is 0.405. The molecule has 31 heavy (non-hydrogen) atoms. The van der Waals surface area contributed by atoms with Gasteiger partial charge in [-0.1, -0.05) is 54.5 Å². The number of terminal acetylenes is 1. The molecule has 1 aliphatic carbocycles. The lowest BCUT2D eigenvalue weighted by atomic mass is 10.1. The Morgan fingerprint density at radius 1 is 0.871 bits per heavy atom. The van der Waals surface area contributed by atoms with Crippen molar-refractivity contribution in [1.29, 1.82) is 0 Å². The number of rotatable bonds is 4. The van der Waals surface area contributed by atoms with Gasteiger partial charge in [-0.15, -0.1) is 6.42 Å². The van der Waals surface area contributed by atoms with E-state index in [-0.39, 0.29) is 10.8 Å². The predicted molar refractivity (Wildman–Crippen MR) is 118 cm³/mol. The molecule has 4 rings (SSSR count). The maximum absolute atomic E-state index is 11.2. The van der Waals surface area contributed by atoms with E-state index in [1.165, 1.54) is 48.2 Å². The van der Waals surface area contributed by atoms with Crippen LogP contribution in [-0.2, 0) is 26.7 Å². The van der Waals surface area contributed by atoms with Crippen LogP contribution in [0.25, 0.3) is 10.8 Å². The van der Waals surface area contributed by atoms with Crippen LogP contribution >= 0.6 is 0 Å². The van der Waals surface area contributed by atoms with E-state index >= 15 is 0 Å². The summed E-state index contributed by atoms with van der Waals surface area (Å²) in [5.41, 5.74) is 2.90. The van der Waals surface area contributed by atoms with Crippen molar-refractivity contribution in [3.8, 4) is 12.3 Å². The molecule has 1 atom stereocenters. The third-order valence-corrected chi connectivity index (χ3v) is 6.80. The van der Waals surface area contributed by atoms with Gasteiger partial charge in [0.2, 0.25) is 0 Å². The Hall–Kier alpha value is -2.74. The average Bonchev–Trinajstić information content (AvgIpc) is 3.13. The largest absolute Gasteiger partial charge is 0.299 e. The molecule has 3 N–H and O–H groups in total. The van der Waals surface area contributed by atoms with Crippen LogP contribution in [0.2, 0.25) is 0 Å². The lowest BCUT2D eigenvalue weighted by Gasteiger charge is -2.10. The number of fused-ring (bicyclic) bond motifs is 2. The predicted octanol–water partition coefficient (Wildman–Crippen LogP) is 3.23. The highest BCUT2D eigenvalue weighted by molar-refractivity contribution is 7.86. The van der Waals surface area contributed by atoms with E-state index in [4.69, 9.17) is 15.5 Å². The zero-order valence-electron chi connectivity index (χ0n) is 16.4. The highest BCUT2D eigenvalue weighted by Crippen LogP contribution is 2.30. The highest BCUT2D eigenvalue weighted by atomic mass is 32.2. The first kappa shape index (κ1) is 22.9.